The highest BCUT2D eigenvalue weighted by Gasteiger charge is 2.28. The number of aromatic hydroxyl groups is 1. The Morgan fingerprint density at radius 3 is 3.00 bits per heavy atom. The van der Waals surface area contributed by atoms with Crippen LogP contribution in [0.25, 0.3) is 0 Å². The molecule has 1 amide bonds. The fraction of sp³-hybridized carbons (Fsp3) is 0.357. The van der Waals surface area contributed by atoms with E-state index in [1.165, 1.54) is 4.90 Å². The lowest BCUT2D eigenvalue weighted by Crippen LogP contribution is -2.27. The third-order valence-electron chi connectivity index (χ3n) is 3.34. The molecule has 2 N–H and O–H groups in total. The van der Waals surface area contributed by atoms with Crippen LogP contribution in [0.4, 0.5) is 0 Å². The summed E-state index contributed by atoms with van der Waals surface area (Å²) in [5.74, 6) is 1.42. The quantitative estimate of drug-likeness (QED) is 0.886. The lowest BCUT2D eigenvalue weighted by molar-refractivity contribution is 0.0773. The molecule has 0 saturated heterocycles. The van der Waals surface area contributed by atoms with Gasteiger partial charge in [-0.3, -0.25) is 9.89 Å². The molecule has 0 bridgehead atoms. The van der Waals surface area contributed by atoms with E-state index in [1.807, 2.05) is 6.07 Å². The monoisotopic (exact) mass is 272 g/mol. The molecule has 0 aliphatic heterocycles. The van der Waals surface area contributed by atoms with E-state index in [9.17, 15) is 9.90 Å². The van der Waals surface area contributed by atoms with Crippen molar-refractivity contribution < 1.29 is 9.90 Å². The van der Waals surface area contributed by atoms with Gasteiger partial charge in [0, 0.05) is 19.5 Å². The lowest BCUT2D eigenvalue weighted by atomic mass is 10.2. The first-order valence-corrected chi connectivity index (χ1v) is 6.59. The maximum absolute atomic E-state index is 12.2. The average Bonchev–Trinajstić information content (AvgIpc) is 3.16. The molecule has 1 aromatic heterocycles. The Balaban J connectivity index is 1.69. The van der Waals surface area contributed by atoms with Gasteiger partial charge in [-0.25, -0.2) is 4.98 Å². The third kappa shape index (κ3) is 2.64. The summed E-state index contributed by atoms with van der Waals surface area (Å²) in [6.07, 6.45) is 2.23. The minimum atomic E-state index is -0.225. The molecule has 0 unspecified atom stereocenters. The van der Waals surface area contributed by atoms with Crippen LogP contribution in [0.15, 0.2) is 24.3 Å². The Hall–Kier alpha value is -2.37. The van der Waals surface area contributed by atoms with E-state index in [4.69, 9.17) is 0 Å². The molecule has 1 saturated carbocycles. The number of aromatic nitrogens is 3. The van der Waals surface area contributed by atoms with Crippen LogP contribution in [0.1, 0.15) is 40.8 Å². The predicted molar refractivity (Wildman–Crippen MR) is 72.3 cm³/mol. The lowest BCUT2D eigenvalue weighted by Gasteiger charge is -2.15. The van der Waals surface area contributed by atoms with E-state index in [1.54, 1.807) is 25.2 Å². The first-order valence-electron chi connectivity index (χ1n) is 6.59. The summed E-state index contributed by atoms with van der Waals surface area (Å²) in [6.45, 7) is 0.403. The molecule has 3 rings (SSSR count). The zero-order valence-electron chi connectivity index (χ0n) is 11.2. The van der Waals surface area contributed by atoms with Crippen LogP contribution < -0.4 is 0 Å². The maximum Gasteiger partial charge on any atom is 0.293 e. The summed E-state index contributed by atoms with van der Waals surface area (Å²) >= 11 is 0. The zero-order valence-corrected chi connectivity index (χ0v) is 11.2. The molecule has 6 heteroatoms. The van der Waals surface area contributed by atoms with Gasteiger partial charge in [-0.2, -0.15) is 0 Å². The van der Waals surface area contributed by atoms with Gasteiger partial charge in [0.15, 0.2) is 0 Å². The van der Waals surface area contributed by atoms with Crippen molar-refractivity contribution in [2.24, 2.45) is 0 Å². The number of nitrogens with one attached hydrogen (secondary N) is 1. The zero-order chi connectivity index (χ0) is 14.1. The van der Waals surface area contributed by atoms with E-state index in [2.05, 4.69) is 15.2 Å². The first kappa shape index (κ1) is 12.7. The van der Waals surface area contributed by atoms with Crippen molar-refractivity contribution in [2.45, 2.75) is 25.3 Å². The van der Waals surface area contributed by atoms with Crippen LogP contribution in [0.2, 0.25) is 0 Å². The highest BCUT2D eigenvalue weighted by molar-refractivity contribution is 5.90. The van der Waals surface area contributed by atoms with E-state index < -0.39 is 0 Å². The summed E-state index contributed by atoms with van der Waals surface area (Å²) in [5.41, 5.74) is 0.860. The van der Waals surface area contributed by atoms with Crippen molar-refractivity contribution >= 4 is 5.91 Å². The van der Waals surface area contributed by atoms with Crippen molar-refractivity contribution in [1.82, 2.24) is 20.1 Å². The number of H-pyrrole nitrogens is 1. The van der Waals surface area contributed by atoms with Crippen LogP contribution in [-0.4, -0.2) is 38.1 Å². The molecule has 1 aliphatic carbocycles. The number of benzene rings is 1. The summed E-state index contributed by atoms with van der Waals surface area (Å²) in [5, 5.41) is 16.2. The highest BCUT2D eigenvalue weighted by Crippen LogP contribution is 2.37. The summed E-state index contributed by atoms with van der Waals surface area (Å²) in [7, 11) is 1.69. The normalized spacial score (nSPS) is 14.2. The van der Waals surface area contributed by atoms with Gasteiger partial charge in [0.1, 0.15) is 11.6 Å². The second-order valence-electron chi connectivity index (χ2n) is 5.15. The van der Waals surface area contributed by atoms with Gasteiger partial charge < -0.3 is 10.0 Å². The van der Waals surface area contributed by atoms with Crippen molar-refractivity contribution in [3.8, 4) is 5.75 Å². The molecule has 1 aliphatic rings. The summed E-state index contributed by atoms with van der Waals surface area (Å²) in [4.78, 5) is 18.0. The summed E-state index contributed by atoms with van der Waals surface area (Å²) in [6, 6.07) is 6.85. The van der Waals surface area contributed by atoms with Gasteiger partial charge in [-0.1, -0.05) is 12.1 Å². The number of phenolic OH excluding ortho intramolecular Hbond substituents is 1. The largest absolute Gasteiger partial charge is 0.508 e. The second kappa shape index (κ2) is 4.96. The minimum Gasteiger partial charge on any atom is -0.508 e. The van der Waals surface area contributed by atoms with Crippen molar-refractivity contribution in [3.63, 3.8) is 0 Å². The topological polar surface area (TPSA) is 82.1 Å². The van der Waals surface area contributed by atoms with Crippen molar-refractivity contribution in [1.29, 1.82) is 0 Å². The molecule has 1 heterocycles. The fourth-order valence-corrected chi connectivity index (χ4v) is 2.08. The summed E-state index contributed by atoms with van der Waals surface area (Å²) < 4.78 is 0. The van der Waals surface area contributed by atoms with E-state index in [0.29, 0.717) is 12.5 Å². The molecule has 0 radical (unpaired) electrons. The smallest absolute Gasteiger partial charge is 0.293 e. The highest BCUT2D eigenvalue weighted by atomic mass is 16.3. The first-order chi connectivity index (χ1) is 9.63. The van der Waals surface area contributed by atoms with Crippen LogP contribution >= 0.6 is 0 Å². The van der Waals surface area contributed by atoms with Gasteiger partial charge in [0.05, 0.1) is 0 Å². The minimum absolute atomic E-state index is 0.192. The second-order valence-corrected chi connectivity index (χ2v) is 5.15. The number of amides is 1. The molecule has 0 spiro atoms. The number of nitrogens with zero attached hydrogens (tertiary/aromatic N) is 3. The Labute approximate surface area is 116 Å². The molecule has 1 aromatic carbocycles. The van der Waals surface area contributed by atoms with Gasteiger partial charge in [0.25, 0.3) is 5.91 Å². The Bertz CT molecular complexity index is 634. The number of rotatable bonds is 4. The van der Waals surface area contributed by atoms with Gasteiger partial charge in [-0.15, -0.1) is 5.10 Å². The van der Waals surface area contributed by atoms with Crippen LogP contribution in [0, 0.1) is 0 Å². The molecular formula is C14H16N4O2. The van der Waals surface area contributed by atoms with Crippen molar-refractivity contribution in [3.05, 3.63) is 41.5 Å². The van der Waals surface area contributed by atoms with Gasteiger partial charge in [-0.05, 0) is 30.5 Å². The number of carbonyl (C=O) groups excluding carboxylic acids is 1. The third-order valence-corrected chi connectivity index (χ3v) is 3.34. The maximum atomic E-state index is 12.2. The van der Waals surface area contributed by atoms with Crippen LogP contribution in [0.5, 0.6) is 5.75 Å². The average molecular weight is 272 g/mol. The standard InChI is InChI=1S/C14H16N4O2/c1-18(8-9-3-2-4-11(19)7-9)14(20)13-15-12(16-17-13)10-5-6-10/h2-4,7,10,19H,5-6,8H2,1H3,(H,15,16,17). The van der Waals surface area contributed by atoms with Gasteiger partial charge in [0.2, 0.25) is 5.82 Å². The van der Waals surface area contributed by atoms with Crippen LogP contribution in [0.3, 0.4) is 0 Å². The number of hydrogen-bond acceptors (Lipinski definition) is 4. The predicted octanol–water partition coefficient (Wildman–Crippen LogP) is 1.66. The number of phenols is 1. The van der Waals surface area contributed by atoms with Crippen molar-refractivity contribution in [2.75, 3.05) is 7.05 Å². The molecule has 1 fully saturated rings. The molecule has 6 nitrogen and oxygen atoms in total. The number of hydrogen-bond donors (Lipinski definition) is 2. The Kier molecular flexibility index (Phi) is 3.14. The molecule has 2 aromatic rings. The fourth-order valence-electron chi connectivity index (χ4n) is 2.08. The molecule has 0 atom stereocenters. The SMILES string of the molecule is CN(Cc1cccc(O)c1)C(=O)c1n[nH]c(C2CC2)n1. The molecule has 104 valence electrons. The van der Waals surface area contributed by atoms with E-state index in [0.717, 1.165) is 24.2 Å². The van der Waals surface area contributed by atoms with E-state index >= 15 is 0 Å². The Morgan fingerprint density at radius 2 is 2.30 bits per heavy atom. The number of carbonyl (C=O) groups is 1. The Morgan fingerprint density at radius 1 is 1.50 bits per heavy atom. The van der Waals surface area contributed by atoms with E-state index in [-0.39, 0.29) is 17.5 Å². The molecule has 20 heavy (non-hydrogen) atoms. The van der Waals surface area contributed by atoms with Crippen LogP contribution in [-0.2, 0) is 6.54 Å². The van der Waals surface area contributed by atoms with Gasteiger partial charge >= 0.3 is 0 Å². The molecular weight excluding hydrogens is 256 g/mol. The number of aromatic amines is 1.